The highest BCUT2D eigenvalue weighted by Crippen LogP contribution is 2.26. The average molecular weight is 392 g/mol. The van der Waals surface area contributed by atoms with Gasteiger partial charge in [0.1, 0.15) is 5.54 Å². The maximum Gasteiger partial charge on any atom is 0.246 e. The van der Waals surface area contributed by atoms with Crippen molar-refractivity contribution in [3.05, 3.63) is 34.3 Å². The number of amides is 1. The Kier molecular flexibility index (Phi) is 6.86. The Labute approximate surface area is 146 Å². The van der Waals surface area contributed by atoms with Gasteiger partial charge in [-0.3, -0.25) is 4.79 Å². The lowest BCUT2D eigenvalue weighted by Crippen LogP contribution is -2.53. The van der Waals surface area contributed by atoms with Crippen LogP contribution >= 0.6 is 28.3 Å². The van der Waals surface area contributed by atoms with E-state index in [9.17, 15) is 9.90 Å². The number of carbonyl (C=O) groups excluding carboxylic acids is 1. The second-order valence-corrected chi connectivity index (χ2v) is 7.00. The van der Waals surface area contributed by atoms with Crippen LogP contribution in [-0.4, -0.2) is 35.1 Å². The Morgan fingerprint density at radius 3 is 2.32 bits per heavy atom. The molecule has 22 heavy (non-hydrogen) atoms. The summed E-state index contributed by atoms with van der Waals surface area (Å²) in [5.74, 6) is 0.236. The molecule has 1 fully saturated rings. The molecule has 0 bridgehead atoms. The summed E-state index contributed by atoms with van der Waals surface area (Å²) in [6, 6.07) is 7.55. The Morgan fingerprint density at radius 2 is 1.86 bits per heavy atom. The van der Waals surface area contributed by atoms with Gasteiger partial charge in [-0.2, -0.15) is 0 Å². The van der Waals surface area contributed by atoms with Gasteiger partial charge in [-0.25, -0.2) is 0 Å². The zero-order chi connectivity index (χ0) is 15.6. The van der Waals surface area contributed by atoms with Crippen molar-refractivity contribution in [2.45, 2.75) is 38.3 Å². The fourth-order valence-corrected chi connectivity index (χ4v) is 3.10. The molecule has 1 aromatic carbocycles. The number of halogens is 2. The second-order valence-electron chi connectivity index (χ2n) is 6.08. The first-order valence-electron chi connectivity index (χ1n) is 7.34. The molecular weight excluding hydrogens is 368 g/mol. The minimum absolute atomic E-state index is 0. The van der Waals surface area contributed by atoms with Crippen LogP contribution < -0.4 is 5.73 Å². The van der Waals surface area contributed by atoms with Crippen LogP contribution in [0.1, 0.15) is 32.3 Å². The summed E-state index contributed by atoms with van der Waals surface area (Å²) in [6.45, 7) is 4.91. The van der Waals surface area contributed by atoms with E-state index in [1.54, 1.807) is 6.92 Å². The van der Waals surface area contributed by atoms with E-state index in [0.717, 1.165) is 22.9 Å². The first kappa shape index (κ1) is 19.4. The molecule has 1 saturated heterocycles. The molecule has 2 atom stereocenters. The number of nitrogens with zero attached hydrogens (tertiary/aromatic N) is 1. The number of likely N-dealkylation sites (tertiary alicyclic amines) is 1. The first-order chi connectivity index (χ1) is 9.82. The van der Waals surface area contributed by atoms with Crippen molar-refractivity contribution in [2.24, 2.45) is 11.7 Å². The van der Waals surface area contributed by atoms with Crippen LogP contribution in [0.5, 0.6) is 0 Å². The molecule has 1 aliphatic heterocycles. The van der Waals surface area contributed by atoms with E-state index >= 15 is 0 Å². The summed E-state index contributed by atoms with van der Waals surface area (Å²) in [7, 11) is 0. The summed E-state index contributed by atoms with van der Waals surface area (Å²) in [4.78, 5) is 14.5. The molecule has 1 aliphatic rings. The quantitative estimate of drug-likeness (QED) is 0.832. The predicted molar refractivity (Wildman–Crippen MR) is 93.9 cm³/mol. The minimum Gasteiger partial charge on any atom is -0.393 e. The van der Waals surface area contributed by atoms with Gasteiger partial charge in [0.2, 0.25) is 5.91 Å². The topological polar surface area (TPSA) is 66.6 Å². The smallest absolute Gasteiger partial charge is 0.246 e. The lowest BCUT2D eigenvalue weighted by atomic mass is 9.88. The van der Waals surface area contributed by atoms with Crippen LogP contribution in [0.15, 0.2) is 28.7 Å². The number of aliphatic hydroxyl groups is 1. The Bertz CT molecular complexity index is 497. The Balaban J connectivity index is 0.00000242. The standard InChI is InChI=1S/C16H23BrN2O2.ClH/c1-11(20)12-7-9-19(10-8-12)15(21)16(2,18)13-3-5-14(17)6-4-13;/h3-6,11-12,20H,7-10,18H2,1-2H3;1H. The van der Waals surface area contributed by atoms with E-state index in [0.29, 0.717) is 13.1 Å². The molecule has 124 valence electrons. The normalized spacial score (nSPS) is 20.0. The molecule has 0 aromatic heterocycles. The van der Waals surface area contributed by atoms with Crippen molar-refractivity contribution in [2.75, 3.05) is 13.1 Å². The minimum atomic E-state index is -1.02. The van der Waals surface area contributed by atoms with Crippen molar-refractivity contribution < 1.29 is 9.90 Å². The number of carbonyl (C=O) groups is 1. The number of piperidine rings is 1. The van der Waals surface area contributed by atoms with Crippen molar-refractivity contribution in [3.8, 4) is 0 Å². The molecule has 0 spiro atoms. The highest BCUT2D eigenvalue weighted by molar-refractivity contribution is 9.10. The van der Waals surface area contributed by atoms with Crippen LogP contribution in [0.4, 0.5) is 0 Å². The molecular formula is C16H24BrClN2O2. The van der Waals surface area contributed by atoms with E-state index in [2.05, 4.69) is 15.9 Å². The summed E-state index contributed by atoms with van der Waals surface area (Å²) >= 11 is 3.39. The zero-order valence-electron chi connectivity index (χ0n) is 13.0. The van der Waals surface area contributed by atoms with E-state index in [1.807, 2.05) is 36.1 Å². The fourth-order valence-electron chi connectivity index (χ4n) is 2.83. The van der Waals surface area contributed by atoms with Crippen molar-refractivity contribution in [3.63, 3.8) is 0 Å². The van der Waals surface area contributed by atoms with Crippen LogP contribution in [0, 0.1) is 5.92 Å². The van der Waals surface area contributed by atoms with Gasteiger partial charge in [0, 0.05) is 17.6 Å². The third kappa shape index (κ3) is 4.22. The molecule has 0 aliphatic carbocycles. The molecule has 2 rings (SSSR count). The molecule has 0 saturated carbocycles. The Morgan fingerprint density at radius 1 is 1.36 bits per heavy atom. The van der Waals surface area contributed by atoms with Crippen LogP contribution in [0.2, 0.25) is 0 Å². The Hall–Kier alpha value is -0.620. The molecule has 1 aromatic rings. The summed E-state index contributed by atoms with van der Waals surface area (Å²) in [5, 5.41) is 9.63. The van der Waals surface area contributed by atoms with Crippen molar-refractivity contribution >= 4 is 34.2 Å². The number of hydrogen-bond acceptors (Lipinski definition) is 3. The predicted octanol–water partition coefficient (Wildman–Crippen LogP) is 2.66. The fraction of sp³-hybridized carbons (Fsp3) is 0.562. The molecule has 4 nitrogen and oxygen atoms in total. The van der Waals surface area contributed by atoms with Gasteiger partial charge < -0.3 is 15.7 Å². The van der Waals surface area contributed by atoms with Gasteiger partial charge in [-0.05, 0) is 50.3 Å². The third-order valence-electron chi connectivity index (χ3n) is 4.40. The zero-order valence-corrected chi connectivity index (χ0v) is 15.4. The lowest BCUT2D eigenvalue weighted by Gasteiger charge is -2.37. The SMILES string of the molecule is CC(O)C1CCN(C(=O)C(C)(N)c2ccc(Br)cc2)CC1.Cl. The van der Waals surface area contributed by atoms with E-state index in [4.69, 9.17) is 5.73 Å². The first-order valence-corrected chi connectivity index (χ1v) is 8.14. The van der Waals surface area contributed by atoms with Crippen LogP contribution in [0.25, 0.3) is 0 Å². The van der Waals surface area contributed by atoms with Gasteiger partial charge in [0.25, 0.3) is 0 Å². The molecule has 0 radical (unpaired) electrons. The number of benzene rings is 1. The number of hydrogen-bond donors (Lipinski definition) is 2. The second kappa shape index (κ2) is 7.77. The lowest BCUT2D eigenvalue weighted by molar-refractivity contribution is -0.138. The van der Waals surface area contributed by atoms with E-state index in [-0.39, 0.29) is 30.3 Å². The van der Waals surface area contributed by atoms with Crippen LogP contribution in [0.3, 0.4) is 0 Å². The van der Waals surface area contributed by atoms with Crippen LogP contribution in [-0.2, 0) is 10.3 Å². The monoisotopic (exact) mass is 390 g/mol. The van der Waals surface area contributed by atoms with Gasteiger partial charge in [-0.15, -0.1) is 12.4 Å². The van der Waals surface area contributed by atoms with Crippen molar-refractivity contribution in [1.29, 1.82) is 0 Å². The third-order valence-corrected chi connectivity index (χ3v) is 4.93. The number of aliphatic hydroxyl groups excluding tert-OH is 1. The van der Waals surface area contributed by atoms with E-state index < -0.39 is 5.54 Å². The van der Waals surface area contributed by atoms with Gasteiger partial charge >= 0.3 is 0 Å². The van der Waals surface area contributed by atoms with Gasteiger partial charge in [-0.1, -0.05) is 28.1 Å². The van der Waals surface area contributed by atoms with Gasteiger partial charge in [0.15, 0.2) is 0 Å². The number of rotatable bonds is 3. The average Bonchev–Trinajstić information content (AvgIpc) is 2.47. The number of nitrogens with two attached hydrogens (primary N) is 1. The highest BCUT2D eigenvalue weighted by atomic mass is 79.9. The van der Waals surface area contributed by atoms with E-state index in [1.165, 1.54) is 0 Å². The summed E-state index contributed by atoms with van der Waals surface area (Å²) < 4.78 is 0.965. The maximum atomic E-state index is 12.7. The summed E-state index contributed by atoms with van der Waals surface area (Å²) in [5.41, 5.74) is 6.10. The largest absolute Gasteiger partial charge is 0.393 e. The molecule has 1 amide bonds. The molecule has 3 N–H and O–H groups in total. The molecule has 6 heteroatoms. The molecule has 1 heterocycles. The highest BCUT2D eigenvalue weighted by Gasteiger charge is 2.36. The van der Waals surface area contributed by atoms with Crippen molar-refractivity contribution in [1.82, 2.24) is 4.90 Å². The maximum absolute atomic E-state index is 12.7. The summed E-state index contributed by atoms with van der Waals surface area (Å²) in [6.07, 6.45) is 1.36. The molecule has 2 unspecified atom stereocenters. The van der Waals surface area contributed by atoms with Gasteiger partial charge in [0.05, 0.1) is 6.10 Å².